The fourth-order valence-electron chi connectivity index (χ4n) is 5.01. The van der Waals surface area contributed by atoms with Gasteiger partial charge in [0.05, 0.1) is 0 Å². The molecular weight excluding hydrogens is 307 g/mol. The molecule has 3 aliphatic rings. The number of carbonyl (C=O) groups excluding carboxylic acids is 1. The molecule has 4 nitrogen and oxygen atoms in total. The SMILES string of the molecule is O=C(NO)c1cc(F)c2c(c1)CCN([C@H]1CCCC3(CCC3)C1)C2. The molecule has 0 saturated heterocycles. The highest BCUT2D eigenvalue weighted by Crippen LogP contribution is 2.52. The smallest absolute Gasteiger partial charge is 0.274 e. The maximum absolute atomic E-state index is 14.5. The average Bonchev–Trinajstić information content (AvgIpc) is 2.59. The monoisotopic (exact) mass is 332 g/mol. The first-order chi connectivity index (χ1) is 11.6. The van der Waals surface area contributed by atoms with Crippen LogP contribution in [0, 0.1) is 11.2 Å². The Bertz CT molecular complexity index is 657. The number of hydrogen-bond donors (Lipinski definition) is 2. The first-order valence-corrected chi connectivity index (χ1v) is 9.10. The van der Waals surface area contributed by atoms with Gasteiger partial charge in [-0.2, -0.15) is 0 Å². The van der Waals surface area contributed by atoms with Crippen LogP contribution >= 0.6 is 0 Å². The second-order valence-corrected chi connectivity index (χ2v) is 7.86. The first kappa shape index (κ1) is 16.0. The van der Waals surface area contributed by atoms with Crippen molar-refractivity contribution in [3.63, 3.8) is 0 Å². The van der Waals surface area contributed by atoms with Crippen LogP contribution in [0.3, 0.4) is 0 Å². The molecule has 2 saturated carbocycles. The van der Waals surface area contributed by atoms with E-state index in [1.807, 2.05) is 0 Å². The van der Waals surface area contributed by atoms with Crippen LogP contribution < -0.4 is 5.48 Å². The summed E-state index contributed by atoms with van der Waals surface area (Å²) in [5, 5.41) is 8.74. The van der Waals surface area contributed by atoms with Gasteiger partial charge in [-0.05, 0) is 61.6 Å². The quantitative estimate of drug-likeness (QED) is 0.644. The lowest BCUT2D eigenvalue weighted by Gasteiger charge is -2.50. The van der Waals surface area contributed by atoms with Crippen LogP contribution in [-0.2, 0) is 13.0 Å². The number of rotatable bonds is 2. The van der Waals surface area contributed by atoms with Crippen molar-refractivity contribution in [1.29, 1.82) is 0 Å². The van der Waals surface area contributed by atoms with Crippen molar-refractivity contribution in [3.8, 4) is 0 Å². The van der Waals surface area contributed by atoms with Crippen LogP contribution in [0.2, 0.25) is 0 Å². The Hall–Kier alpha value is -1.46. The molecule has 2 aliphatic carbocycles. The normalized spacial score (nSPS) is 25.8. The van der Waals surface area contributed by atoms with Gasteiger partial charge < -0.3 is 0 Å². The van der Waals surface area contributed by atoms with E-state index in [4.69, 9.17) is 5.21 Å². The van der Waals surface area contributed by atoms with E-state index in [-0.39, 0.29) is 11.4 Å². The van der Waals surface area contributed by atoms with E-state index in [1.54, 1.807) is 11.5 Å². The van der Waals surface area contributed by atoms with Crippen LogP contribution in [0.4, 0.5) is 4.39 Å². The summed E-state index contributed by atoms with van der Waals surface area (Å²) in [6, 6.07) is 3.53. The Morgan fingerprint density at radius 1 is 1.29 bits per heavy atom. The Morgan fingerprint density at radius 2 is 2.08 bits per heavy atom. The van der Waals surface area contributed by atoms with Crippen LogP contribution in [0.5, 0.6) is 0 Å². The molecule has 1 atom stereocenters. The van der Waals surface area contributed by atoms with Gasteiger partial charge in [-0.15, -0.1) is 0 Å². The van der Waals surface area contributed by atoms with Crippen LogP contribution in [0.1, 0.15) is 66.4 Å². The fraction of sp³-hybridized carbons (Fsp3) is 0.632. The molecule has 1 aliphatic heterocycles. The highest BCUT2D eigenvalue weighted by Gasteiger charge is 2.42. The number of hydroxylamine groups is 1. The Kier molecular flexibility index (Phi) is 4.09. The highest BCUT2D eigenvalue weighted by atomic mass is 19.1. The summed E-state index contributed by atoms with van der Waals surface area (Å²) in [4.78, 5) is 14.0. The summed E-state index contributed by atoms with van der Waals surface area (Å²) < 4.78 is 14.5. The fourth-order valence-corrected chi connectivity index (χ4v) is 5.01. The Labute approximate surface area is 142 Å². The number of carbonyl (C=O) groups is 1. The van der Waals surface area contributed by atoms with Crippen molar-refractivity contribution in [2.75, 3.05) is 6.54 Å². The maximum atomic E-state index is 14.5. The van der Waals surface area contributed by atoms with E-state index in [1.165, 1.54) is 51.0 Å². The van der Waals surface area contributed by atoms with Crippen molar-refractivity contribution in [3.05, 3.63) is 34.6 Å². The predicted molar refractivity (Wildman–Crippen MR) is 88.3 cm³/mol. The molecule has 5 heteroatoms. The van der Waals surface area contributed by atoms with Gasteiger partial charge in [-0.1, -0.05) is 12.8 Å². The summed E-state index contributed by atoms with van der Waals surface area (Å²) in [6.45, 7) is 1.57. The minimum absolute atomic E-state index is 0.188. The zero-order chi connectivity index (χ0) is 16.7. The van der Waals surface area contributed by atoms with E-state index in [0.29, 0.717) is 18.0 Å². The van der Waals surface area contributed by atoms with E-state index in [0.717, 1.165) is 24.1 Å². The number of nitrogens with zero attached hydrogens (tertiary/aromatic N) is 1. The predicted octanol–water partition coefficient (Wildman–Crippen LogP) is 3.42. The van der Waals surface area contributed by atoms with Crippen molar-refractivity contribution >= 4 is 5.91 Å². The van der Waals surface area contributed by atoms with Crippen LogP contribution in [0.15, 0.2) is 12.1 Å². The molecule has 4 rings (SSSR count). The van der Waals surface area contributed by atoms with Crippen molar-refractivity contribution < 1.29 is 14.4 Å². The van der Waals surface area contributed by atoms with Gasteiger partial charge in [0.1, 0.15) is 5.82 Å². The first-order valence-electron chi connectivity index (χ1n) is 9.10. The van der Waals surface area contributed by atoms with Crippen LogP contribution in [-0.4, -0.2) is 28.6 Å². The number of amides is 1. The third-order valence-corrected chi connectivity index (χ3v) is 6.52. The third-order valence-electron chi connectivity index (χ3n) is 6.52. The minimum Gasteiger partial charge on any atom is -0.296 e. The van der Waals surface area contributed by atoms with Crippen LogP contribution in [0.25, 0.3) is 0 Å². The van der Waals surface area contributed by atoms with Gasteiger partial charge >= 0.3 is 0 Å². The lowest BCUT2D eigenvalue weighted by molar-refractivity contribution is 0.0117. The summed E-state index contributed by atoms with van der Waals surface area (Å²) in [5.41, 5.74) is 3.99. The molecule has 130 valence electrons. The molecule has 2 N–H and O–H groups in total. The number of benzene rings is 1. The zero-order valence-electron chi connectivity index (χ0n) is 14.0. The number of nitrogens with one attached hydrogen (secondary N) is 1. The molecule has 1 amide bonds. The second kappa shape index (κ2) is 6.12. The van der Waals surface area contributed by atoms with Gasteiger partial charge in [-0.3, -0.25) is 14.9 Å². The third kappa shape index (κ3) is 2.74. The molecule has 1 aromatic rings. The standard InChI is InChI=1S/C19H25FN2O2/c20-17-10-14(18(23)21-24)9-13-4-8-22(12-16(13)17)15-3-1-5-19(11-15)6-2-7-19/h9-10,15,24H,1-8,11-12H2,(H,21,23)/t15-/m0/s1. The number of halogens is 1. The van der Waals surface area contributed by atoms with Gasteiger partial charge in [-0.25, -0.2) is 9.87 Å². The molecule has 24 heavy (non-hydrogen) atoms. The van der Waals surface area contributed by atoms with E-state index in [2.05, 4.69) is 4.90 Å². The largest absolute Gasteiger partial charge is 0.296 e. The average molecular weight is 332 g/mol. The van der Waals surface area contributed by atoms with Gasteiger partial charge in [0.25, 0.3) is 5.91 Å². The number of hydrogen-bond acceptors (Lipinski definition) is 3. The van der Waals surface area contributed by atoms with Gasteiger partial charge in [0.2, 0.25) is 0 Å². The van der Waals surface area contributed by atoms with Gasteiger partial charge in [0, 0.05) is 30.3 Å². The highest BCUT2D eigenvalue weighted by molar-refractivity contribution is 5.93. The van der Waals surface area contributed by atoms with E-state index < -0.39 is 5.91 Å². The molecule has 1 aromatic carbocycles. The molecule has 0 bridgehead atoms. The van der Waals surface area contributed by atoms with E-state index >= 15 is 0 Å². The molecule has 2 fully saturated rings. The summed E-state index contributed by atoms with van der Waals surface area (Å²) >= 11 is 0. The summed E-state index contributed by atoms with van der Waals surface area (Å²) in [7, 11) is 0. The van der Waals surface area contributed by atoms with Crippen molar-refractivity contribution in [1.82, 2.24) is 10.4 Å². The molecule has 1 spiro atoms. The summed E-state index contributed by atoms with van der Waals surface area (Å²) in [5.74, 6) is -0.983. The molecule has 0 unspecified atom stereocenters. The Morgan fingerprint density at radius 3 is 2.79 bits per heavy atom. The molecular formula is C19H25FN2O2. The van der Waals surface area contributed by atoms with Crippen molar-refractivity contribution in [2.24, 2.45) is 5.41 Å². The lowest BCUT2D eigenvalue weighted by atomic mass is 9.59. The zero-order valence-corrected chi connectivity index (χ0v) is 14.0. The second-order valence-electron chi connectivity index (χ2n) is 7.86. The minimum atomic E-state index is -0.654. The maximum Gasteiger partial charge on any atom is 0.274 e. The molecule has 1 heterocycles. The molecule has 0 aromatic heterocycles. The van der Waals surface area contributed by atoms with E-state index in [9.17, 15) is 9.18 Å². The van der Waals surface area contributed by atoms with Gasteiger partial charge in [0.15, 0.2) is 0 Å². The topological polar surface area (TPSA) is 52.6 Å². The molecule has 0 radical (unpaired) electrons. The lowest BCUT2D eigenvalue weighted by Crippen LogP contribution is -2.47. The van der Waals surface area contributed by atoms with Crippen molar-refractivity contribution in [2.45, 2.75) is 64.0 Å². The number of fused-ring (bicyclic) bond motifs is 1. The summed E-state index contributed by atoms with van der Waals surface area (Å²) in [6.07, 6.45) is 10.1. The Balaban J connectivity index is 1.52.